The molecule has 0 aliphatic heterocycles. The van der Waals surface area contributed by atoms with Gasteiger partial charge in [0.15, 0.2) is 11.6 Å². The maximum atomic E-state index is 13.2. The Bertz CT molecular complexity index is 377. The second kappa shape index (κ2) is 4.18. The van der Waals surface area contributed by atoms with Gasteiger partial charge in [-0.25, -0.2) is 8.78 Å². The van der Waals surface area contributed by atoms with Gasteiger partial charge in [-0.1, -0.05) is 18.9 Å². The summed E-state index contributed by atoms with van der Waals surface area (Å²) in [5.74, 6) is -1.29. The van der Waals surface area contributed by atoms with Crippen molar-refractivity contribution < 1.29 is 13.9 Å². The molecule has 1 atom stereocenters. The molecule has 0 amide bonds. The van der Waals surface area contributed by atoms with E-state index in [-0.39, 0.29) is 4.47 Å². The van der Waals surface area contributed by atoms with Gasteiger partial charge in [-0.15, -0.1) is 0 Å². The van der Waals surface area contributed by atoms with Crippen molar-refractivity contribution in [3.63, 3.8) is 0 Å². The third-order valence-corrected chi connectivity index (χ3v) is 3.48. The smallest absolute Gasteiger partial charge is 0.173 e. The molecule has 0 radical (unpaired) electrons. The van der Waals surface area contributed by atoms with E-state index in [4.69, 9.17) is 0 Å². The Balaban J connectivity index is 2.22. The van der Waals surface area contributed by atoms with Crippen LogP contribution < -0.4 is 0 Å². The predicted octanol–water partition coefficient (Wildman–Crippen LogP) is 3.56. The molecule has 1 fully saturated rings. The van der Waals surface area contributed by atoms with E-state index < -0.39 is 17.7 Å². The van der Waals surface area contributed by atoms with Gasteiger partial charge in [0, 0.05) is 0 Å². The van der Waals surface area contributed by atoms with E-state index >= 15 is 0 Å². The Labute approximate surface area is 95.2 Å². The molecular formula is C11H11BrF2O. The minimum atomic E-state index is -0.928. The van der Waals surface area contributed by atoms with Crippen LogP contribution in [0.15, 0.2) is 16.6 Å². The fraction of sp³-hybridized carbons (Fsp3) is 0.455. The summed E-state index contributed by atoms with van der Waals surface area (Å²) in [5.41, 5.74) is 0.431. The number of benzene rings is 1. The third-order valence-electron chi connectivity index (χ3n) is 2.68. The van der Waals surface area contributed by atoms with Gasteiger partial charge in [0.1, 0.15) is 0 Å². The molecule has 82 valence electrons. The predicted molar refractivity (Wildman–Crippen MR) is 56.4 cm³/mol. The molecule has 1 aromatic carbocycles. The number of halogens is 3. The minimum absolute atomic E-state index is 0.0376. The molecule has 1 nitrogen and oxygen atoms in total. The number of rotatable bonds is 3. The summed E-state index contributed by atoms with van der Waals surface area (Å²) in [6.45, 7) is 0. The Hall–Kier alpha value is -0.480. The third kappa shape index (κ3) is 2.37. The van der Waals surface area contributed by atoms with E-state index in [9.17, 15) is 13.9 Å². The van der Waals surface area contributed by atoms with Crippen LogP contribution in [0.25, 0.3) is 0 Å². The lowest BCUT2D eigenvalue weighted by atomic mass is 10.0. The van der Waals surface area contributed by atoms with Crippen LogP contribution in [0.1, 0.15) is 30.9 Å². The number of aliphatic hydroxyl groups is 1. The SMILES string of the molecule is OC(CC1CC1)c1ccc(F)c(F)c1Br. The summed E-state index contributed by atoms with van der Waals surface area (Å²) >= 11 is 2.97. The van der Waals surface area contributed by atoms with Crippen LogP contribution in [-0.2, 0) is 0 Å². The normalized spacial score (nSPS) is 17.9. The zero-order chi connectivity index (χ0) is 11.0. The zero-order valence-corrected chi connectivity index (χ0v) is 9.60. The van der Waals surface area contributed by atoms with Gasteiger partial charge in [0.05, 0.1) is 10.6 Å². The number of aliphatic hydroxyl groups excluding tert-OH is 1. The van der Waals surface area contributed by atoms with Crippen molar-refractivity contribution in [2.24, 2.45) is 5.92 Å². The van der Waals surface area contributed by atoms with Gasteiger partial charge in [0.2, 0.25) is 0 Å². The molecule has 0 spiro atoms. The van der Waals surface area contributed by atoms with E-state index in [1.807, 2.05) is 0 Å². The second-order valence-corrected chi connectivity index (χ2v) is 4.75. The summed E-state index contributed by atoms with van der Waals surface area (Å²) in [7, 11) is 0. The summed E-state index contributed by atoms with van der Waals surface area (Å²) in [6.07, 6.45) is 2.17. The molecule has 1 aliphatic rings. The highest BCUT2D eigenvalue weighted by Gasteiger charge is 2.27. The van der Waals surface area contributed by atoms with Crippen LogP contribution in [0, 0.1) is 17.6 Å². The average Bonchev–Trinajstić information content (AvgIpc) is 2.98. The minimum Gasteiger partial charge on any atom is -0.388 e. The first kappa shape index (κ1) is 11.0. The first-order valence-electron chi connectivity index (χ1n) is 4.91. The highest BCUT2D eigenvalue weighted by molar-refractivity contribution is 9.10. The van der Waals surface area contributed by atoms with Gasteiger partial charge in [0.25, 0.3) is 0 Å². The van der Waals surface area contributed by atoms with E-state index in [0.717, 1.165) is 18.9 Å². The maximum absolute atomic E-state index is 13.2. The first-order chi connectivity index (χ1) is 7.09. The molecule has 4 heteroatoms. The lowest BCUT2D eigenvalue weighted by Gasteiger charge is -2.12. The summed E-state index contributed by atoms with van der Waals surface area (Å²) < 4.78 is 26.0. The van der Waals surface area contributed by atoms with Gasteiger partial charge in [-0.3, -0.25) is 0 Å². The van der Waals surface area contributed by atoms with E-state index in [1.165, 1.54) is 6.07 Å². The molecule has 2 rings (SSSR count). The summed E-state index contributed by atoms with van der Waals surface area (Å²) in [4.78, 5) is 0. The largest absolute Gasteiger partial charge is 0.388 e. The van der Waals surface area contributed by atoms with Crippen molar-refractivity contribution in [1.82, 2.24) is 0 Å². The average molecular weight is 277 g/mol. The molecule has 1 saturated carbocycles. The van der Waals surface area contributed by atoms with Crippen molar-refractivity contribution in [3.05, 3.63) is 33.8 Å². The summed E-state index contributed by atoms with van der Waals surface area (Å²) in [5, 5.41) is 9.81. The van der Waals surface area contributed by atoms with Crippen LogP contribution in [0.4, 0.5) is 8.78 Å². The van der Waals surface area contributed by atoms with Gasteiger partial charge in [-0.05, 0) is 39.9 Å². The fourth-order valence-corrected chi connectivity index (χ4v) is 2.18. The highest BCUT2D eigenvalue weighted by atomic mass is 79.9. The standard InChI is InChI=1S/C11H11BrF2O/c12-10-7(3-4-8(13)11(10)14)9(15)5-6-1-2-6/h3-4,6,9,15H,1-2,5H2. The highest BCUT2D eigenvalue weighted by Crippen LogP contribution is 2.39. The molecule has 0 aromatic heterocycles. The Kier molecular flexibility index (Phi) is 3.07. The monoisotopic (exact) mass is 276 g/mol. The molecular weight excluding hydrogens is 266 g/mol. The van der Waals surface area contributed by atoms with Gasteiger partial charge >= 0.3 is 0 Å². The van der Waals surface area contributed by atoms with Crippen molar-refractivity contribution in [3.8, 4) is 0 Å². The van der Waals surface area contributed by atoms with Crippen molar-refractivity contribution in [2.75, 3.05) is 0 Å². The Morgan fingerprint density at radius 2 is 2.07 bits per heavy atom. The summed E-state index contributed by atoms with van der Waals surface area (Å²) in [6, 6.07) is 2.47. The van der Waals surface area contributed by atoms with Crippen molar-refractivity contribution in [1.29, 1.82) is 0 Å². The zero-order valence-electron chi connectivity index (χ0n) is 8.01. The first-order valence-corrected chi connectivity index (χ1v) is 5.70. The Morgan fingerprint density at radius 3 is 2.67 bits per heavy atom. The van der Waals surface area contributed by atoms with E-state index in [1.54, 1.807) is 0 Å². The van der Waals surface area contributed by atoms with Gasteiger partial charge < -0.3 is 5.11 Å². The number of hydrogen-bond acceptors (Lipinski definition) is 1. The molecule has 1 unspecified atom stereocenters. The molecule has 1 aliphatic carbocycles. The van der Waals surface area contributed by atoms with Crippen LogP contribution in [-0.4, -0.2) is 5.11 Å². The molecule has 1 aromatic rings. The maximum Gasteiger partial charge on any atom is 0.173 e. The Morgan fingerprint density at radius 1 is 1.40 bits per heavy atom. The molecule has 0 bridgehead atoms. The second-order valence-electron chi connectivity index (χ2n) is 3.96. The topological polar surface area (TPSA) is 20.2 Å². The lowest BCUT2D eigenvalue weighted by Crippen LogP contribution is -2.02. The van der Waals surface area contributed by atoms with Crippen LogP contribution >= 0.6 is 15.9 Å². The van der Waals surface area contributed by atoms with Crippen molar-refractivity contribution >= 4 is 15.9 Å². The molecule has 1 N–H and O–H groups in total. The molecule has 0 heterocycles. The lowest BCUT2D eigenvalue weighted by molar-refractivity contribution is 0.159. The quantitative estimate of drug-likeness (QED) is 0.837. The fourth-order valence-electron chi connectivity index (χ4n) is 1.59. The van der Waals surface area contributed by atoms with E-state index in [2.05, 4.69) is 15.9 Å². The van der Waals surface area contributed by atoms with Crippen molar-refractivity contribution in [2.45, 2.75) is 25.4 Å². The van der Waals surface area contributed by atoms with Gasteiger partial charge in [-0.2, -0.15) is 0 Å². The van der Waals surface area contributed by atoms with Crippen LogP contribution in [0.3, 0.4) is 0 Å². The molecule has 15 heavy (non-hydrogen) atoms. The van der Waals surface area contributed by atoms with E-state index in [0.29, 0.717) is 17.9 Å². The number of hydrogen-bond donors (Lipinski definition) is 1. The van der Waals surface area contributed by atoms with Crippen LogP contribution in [0.5, 0.6) is 0 Å². The molecule has 0 saturated heterocycles. The van der Waals surface area contributed by atoms with Crippen LogP contribution in [0.2, 0.25) is 0 Å².